The second kappa shape index (κ2) is 11.9. The Morgan fingerprint density at radius 2 is 1.62 bits per heavy atom. The molecule has 0 spiro atoms. The highest BCUT2D eigenvalue weighted by molar-refractivity contribution is 5.95. The highest BCUT2D eigenvalue weighted by Crippen LogP contribution is 2.29. The van der Waals surface area contributed by atoms with Gasteiger partial charge in [-0.25, -0.2) is 0 Å². The number of carbonyl (C=O) groups is 2. The fraction of sp³-hybridized carbons (Fsp3) is 0.192. The van der Waals surface area contributed by atoms with Gasteiger partial charge in [0.15, 0.2) is 18.1 Å². The van der Waals surface area contributed by atoms with Gasteiger partial charge in [0, 0.05) is 12.1 Å². The Bertz CT molecular complexity index is 1170. The monoisotopic (exact) mass is 459 g/mol. The number of benzene rings is 3. The van der Waals surface area contributed by atoms with E-state index in [2.05, 4.69) is 5.32 Å². The quantitative estimate of drug-likeness (QED) is 0.462. The Balaban J connectivity index is 1.68. The number of rotatable bonds is 10. The molecule has 1 N–H and O–H groups in total. The minimum absolute atomic E-state index is 0.0581. The molecule has 8 nitrogen and oxygen atoms in total. The summed E-state index contributed by atoms with van der Waals surface area (Å²) in [5.41, 5.74) is 1.79. The summed E-state index contributed by atoms with van der Waals surface area (Å²) in [6.07, 6.45) is 0. The molecule has 0 bridgehead atoms. The molecule has 0 fully saturated rings. The molecule has 0 radical (unpaired) electrons. The van der Waals surface area contributed by atoms with Gasteiger partial charge in [-0.1, -0.05) is 42.5 Å². The Hall–Kier alpha value is -4.51. The van der Waals surface area contributed by atoms with E-state index in [0.717, 1.165) is 5.56 Å². The lowest BCUT2D eigenvalue weighted by molar-refractivity contribution is -0.118. The fourth-order valence-corrected chi connectivity index (χ4v) is 3.27. The molecule has 3 rings (SSSR count). The number of hydrogen-bond donors (Lipinski definition) is 1. The van der Waals surface area contributed by atoms with E-state index in [4.69, 9.17) is 14.2 Å². The number of carbonyl (C=O) groups excluding carboxylic acids is 2. The van der Waals surface area contributed by atoms with Gasteiger partial charge in [-0.15, -0.1) is 0 Å². The van der Waals surface area contributed by atoms with E-state index in [9.17, 15) is 14.9 Å². The first kappa shape index (κ1) is 24.1. The van der Waals surface area contributed by atoms with E-state index in [1.54, 1.807) is 36.4 Å². The van der Waals surface area contributed by atoms with Gasteiger partial charge in [-0.3, -0.25) is 9.59 Å². The molecule has 174 valence electrons. The van der Waals surface area contributed by atoms with Crippen LogP contribution in [0.15, 0.2) is 72.8 Å². The van der Waals surface area contributed by atoms with Crippen LogP contribution in [0, 0.1) is 11.3 Å². The van der Waals surface area contributed by atoms with Gasteiger partial charge in [0.25, 0.3) is 11.8 Å². The zero-order valence-corrected chi connectivity index (χ0v) is 19.0. The van der Waals surface area contributed by atoms with E-state index >= 15 is 0 Å². The average molecular weight is 460 g/mol. The Morgan fingerprint density at radius 3 is 2.32 bits per heavy atom. The number of ether oxygens (including phenoxy) is 3. The molecule has 3 aromatic carbocycles. The van der Waals surface area contributed by atoms with Crippen molar-refractivity contribution in [1.82, 2.24) is 4.90 Å². The van der Waals surface area contributed by atoms with Gasteiger partial charge in [0.05, 0.1) is 26.0 Å². The van der Waals surface area contributed by atoms with Crippen LogP contribution in [0.5, 0.6) is 17.2 Å². The third-order valence-electron chi connectivity index (χ3n) is 4.92. The fourth-order valence-electron chi connectivity index (χ4n) is 3.27. The number of amides is 2. The van der Waals surface area contributed by atoms with E-state index in [-0.39, 0.29) is 25.0 Å². The summed E-state index contributed by atoms with van der Waals surface area (Å²) >= 11 is 0. The minimum Gasteiger partial charge on any atom is -0.495 e. The molecule has 0 atom stereocenters. The minimum atomic E-state index is -0.380. The summed E-state index contributed by atoms with van der Waals surface area (Å²) in [5, 5.41) is 11.9. The van der Waals surface area contributed by atoms with Crippen molar-refractivity contribution in [1.29, 1.82) is 5.26 Å². The van der Waals surface area contributed by atoms with E-state index < -0.39 is 0 Å². The summed E-state index contributed by atoms with van der Waals surface area (Å²) in [7, 11) is 2.97. The van der Waals surface area contributed by atoms with Gasteiger partial charge in [-0.05, 0) is 35.9 Å². The largest absolute Gasteiger partial charge is 0.495 e. The SMILES string of the molecule is COc1ccccc1NC(=O)COc1ccc(C(=O)N(CC#N)Cc2ccccc2)cc1OC. The summed E-state index contributed by atoms with van der Waals surface area (Å²) in [5.74, 6) is 0.448. The van der Waals surface area contributed by atoms with Crippen molar-refractivity contribution in [3.63, 3.8) is 0 Å². The van der Waals surface area contributed by atoms with Gasteiger partial charge >= 0.3 is 0 Å². The van der Waals surface area contributed by atoms with Gasteiger partial charge in [-0.2, -0.15) is 5.26 Å². The predicted molar refractivity (Wildman–Crippen MR) is 127 cm³/mol. The maximum atomic E-state index is 13.1. The summed E-state index contributed by atoms with van der Waals surface area (Å²) in [4.78, 5) is 26.8. The zero-order valence-electron chi connectivity index (χ0n) is 19.0. The molecule has 0 saturated carbocycles. The van der Waals surface area contributed by atoms with Crippen LogP contribution in [0.2, 0.25) is 0 Å². The molecule has 0 unspecified atom stereocenters. The van der Waals surface area contributed by atoms with Crippen molar-refractivity contribution in [2.75, 3.05) is 32.7 Å². The van der Waals surface area contributed by atoms with Crippen LogP contribution >= 0.6 is 0 Å². The first-order valence-electron chi connectivity index (χ1n) is 10.5. The number of nitrogens with one attached hydrogen (secondary N) is 1. The molecule has 0 aromatic heterocycles. The maximum Gasteiger partial charge on any atom is 0.262 e. The van der Waals surface area contributed by atoms with Gasteiger partial charge in [0.1, 0.15) is 12.3 Å². The molecule has 34 heavy (non-hydrogen) atoms. The second-order valence-electron chi connectivity index (χ2n) is 7.21. The average Bonchev–Trinajstić information content (AvgIpc) is 2.87. The molecule has 8 heteroatoms. The molecule has 0 aliphatic carbocycles. The van der Waals surface area contributed by atoms with Crippen LogP contribution in [0.4, 0.5) is 5.69 Å². The Kier molecular flexibility index (Phi) is 8.47. The topological polar surface area (TPSA) is 101 Å². The van der Waals surface area contributed by atoms with Gasteiger partial charge in [0.2, 0.25) is 0 Å². The molecular formula is C26H25N3O5. The second-order valence-corrected chi connectivity index (χ2v) is 7.21. The predicted octanol–water partition coefficient (Wildman–Crippen LogP) is 3.89. The number of nitriles is 1. The molecule has 2 amide bonds. The molecule has 3 aromatic rings. The van der Waals surface area contributed by atoms with E-state index in [0.29, 0.717) is 35.0 Å². The number of hydrogen-bond acceptors (Lipinski definition) is 6. The van der Waals surface area contributed by atoms with Crippen molar-refractivity contribution in [3.8, 4) is 23.3 Å². The van der Waals surface area contributed by atoms with Crippen LogP contribution in [0.25, 0.3) is 0 Å². The van der Waals surface area contributed by atoms with Gasteiger partial charge < -0.3 is 24.4 Å². The number of para-hydroxylation sites is 2. The van der Waals surface area contributed by atoms with Crippen LogP contribution in [-0.2, 0) is 11.3 Å². The summed E-state index contributed by atoms with van der Waals surface area (Å²) in [6.45, 7) is -0.0232. The molecule has 0 aliphatic rings. The molecule has 0 heterocycles. The van der Waals surface area contributed by atoms with Crippen LogP contribution in [-0.4, -0.2) is 44.1 Å². The lowest BCUT2D eigenvalue weighted by Gasteiger charge is -2.20. The molecule has 0 saturated heterocycles. The van der Waals surface area contributed by atoms with Crippen LogP contribution in [0.1, 0.15) is 15.9 Å². The van der Waals surface area contributed by atoms with E-state index in [1.165, 1.54) is 25.2 Å². The van der Waals surface area contributed by atoms with Crippen molar-refractivity contribution >= 4 is 17.5 Å². The summed E-state index contributed by atoms with van der Waals surface area (Å²) in [6, 6.07) is 23.2. The standard InChI is InChI=1S/C26H25N3O5/c1-32-22-11-7-6-10-21(22)28-25(30)18-34-23-13-12-20(16-24(23)33-2)26(31)29(15-14-27)17-19-8-4-3-5-9-19/h3-13,16H,15,17-18H2,1-2H3,(H,28,30). The third-order valence-corrected chi connectivity index (χ3v) is 4.92. The molecule has 0 aliphatic heterocycles. The van der Waals surface area contributed by atoms with Crippen molar-refractivity contribution in [2.24, 2.45) is 0 Å². The summed E-state index contributed by atoms with van der Waals surface area (Å²) < 4.78 is 16.2. The van der Waals surface area contributed by atoms with Crippen molar-refractivity contribution < 1.29 is 23.8 Å². The zero-order chi connectivity index (χ0) is 24.3. The highest BCUT2D eigenvalue weighted by atomic mass is 16.5. The van der Waals surface area contributed by atoms with Crippen LogP contribution in [0.3, 0.4) is 0 Å². The van der Waals surface area contributed by atoms with E-state index in [1.807, 2.05) is 36.4 Å². The first-order valence-corrected chi connectivity index (χ1v) is 10.5. The highest BCUT2D eigenvalue weighted by Gasteiger charge is 2.19. The molecular weight excluding hydrogens is 434 g/mol. The number of anilines is 1. The maximum absolute atomic E-state index is 13.1. The van der Waals surface area contributed by atoms with Crippen molar-refractivity contribution in [3.05, 3.63) is 83.9 Å². The Morgan fingerprint density at radius 1 is 0.912 bits per heavy atom. The number of nitrogens with zero attached hydrogens (tertiary/aromatic N) is 2. The van der Waals surface area contributed by atoms with Crippen molar-refractivity contribution in [2.45, 2.75) is 6.54 Å². The lowest BCUT2D eigenvalue weighted by atomic mass is 10.1. The smallest absolute Gasteiger partial charge is 0.262 e. The first-order chi connectivity index (χ1) is 16.5. The third kappa shape index (κ3) is 6.26. The number of methoxy groups -OCH3 is 2. The normalized spacial score (nSPS) is 10.0. The van der Waals surface area contributed by atoms with Crippen LogP contribution < -0.4 is 19.5 Å². The lowest BCUT2D eigenvalue weighted by Crippen LogP contribution is -2.31. The Labute approximate surface area is 198 Å².